The van der Waals surface area contributed by atoms with Crippen LogP contribution in [0.2, 0.25) is 0 Å². The molecule has 3 rings (SSSR count). The van der Waals surface area contributed by atoms with Crippen molar-refractivity contribution >= 4 is 10.9 Å². The number of para-hydroxylation sites is 1. The van der Waals surface area contributed by atoms with Crippen LogP contribution in [0.25, 0.3) is 22.0 Å². The van der Waals surface area contributed by atoms with Crippen LogP contribution in [-0.2, 0) is 0 Å². The van der Waals surface area contributed by atoms with E-state index in [1.165, 1.54) is 0 Å². The lowest BCUT2D eigenvalue weighted by Gasteiger charge is -2.19. The Kier molecular flexibility index (Phi) is 3.57. The fourth-order valence-corrected chi connectivity index (χ4v) is 2.92. The molecule has 0 N–H and O–H groups in total. The van der Waals surface area contributed by atoms with Crippen LogP contribution in [0.1, 0.15) is 25.5 Å². The number of nitrogens with zero attached hydrogens (tertiary/aromatic N) is 1. The molecule has 0 saturated carbocycles. The molecule has 0 atom stereocenters. The molecule has 0 aliphatic heterocycles. The van der Waals surface area contributed by atoms with Crippen molar-refractivity contribution < 1.29 is 4.39 Å². The molecule has 3 heteroatoms. The van der Waals surface area contributed by atoms with E-state index < -0.39 is 5.95 Å². The monoisotopic (exact) mass is 295 g/mol. The molecule has 3 aromatic rings. The van der Waals surface area contributed by atoms with Crippen LogP contribution >= 0.6 is 0 Å². The maximum atomic E-state index is 15.1. The predicted molar refractivity (Wildman–Crippen MR) is 88.7 cm³/mol. The molecule has 22 heavy (non-hydrogen) atoms. The van der Waals surface area contributed by atoms with Crippen LogP contribution < -0.4 is 5.43 Å². The van der Waals surface area contributed by atoms with E-state index >= 15 is 4.39 Å². The van der Waals surface area contributed by atoms with Crippen molar-refractivity contribution in [1.29, 1.82) is 0 Å². The third-order valence-corrected chi connectivity index (χ3v) is 3.98. The van der Waals surface area contributed by atoms with E-state index in [2.05, 4.69) is 0 Å². The Labute approximate surface area is 128 Å². The Morgan fingerprint density at radius 3 is 2.32 bits per heavy atom. The highest BCUT2D eigenvalue weighted by atomic mass is 19.1. The minimum Gasteiger partial charge on any atom is -0.314 e. The summed E-state index contributed by atoms with van der Waals surface area (Å²) in [7, 11) is 0. The van der Waals surface area contributed by atoms with Crippen LogP contribution in [0.5, 0.6) is 0 Å². The Balaban J connectivity index is 2.52. The summed E-state index contributed by atoms with van der Waals surface area (Å²) in [5, 5.41) is 0.552. The fourth-order valence-electron chi connectivity index (χ4n) is 2.92. The van der Waals surface area contributed by atoms with Gasteiger partial charge in [-0.1, -0.05) is 36.4 Å². The van der Waals surface area contributed by atoms with Gasteiger partial charge in [0.15, 0.2) is 5.43 Å². The smallest absolute Gasteiger partial charge is 0.206 e. The molecule has 1 heterocycles. The Morgan fingerprint density at radius 2 is 1.64 bits per heavy atom. The molecular weight excluding hydrogens is 277 g/mol. The molecule has 0 fully saturated rings. The lowest BCUT2D eigenvalue weighted by atomic mass is 9.99. The van der Waals surface area contributed by atoms with Gasteiger partial charge in [-0.05, 0) is 44.0 Å². The van der Waals surface area contributed by atoms with Gasteiger partial charge < -0.3 is 4.57 Å². The minimum absolute atomic E-state index is 0.0757. The van der Waals surface area contributed by atoms with Gasteiger partial charge >= 0.3 is 0 Å². The van der Waals surface area contributed by atoms with E-state index in [4.69, 9.17) is 0 Å². The standard InChI is InChI=1S/C19H18FNO/c1-12(2)21-16-11-7-6-10-15(16)18(22)17(19(21)20)14-9-5-4-8-13(14)3/h4-12H,1-3H3. The summed E-state index contributed by atoms with van der Waals surface area (Å²) in [5.41, 5.74) is 2.09. The first-order valence-corrected chi connectivity index (χ1v) is 7.41. The summed E-state index contributed by atoms with van der Waals surface area (Å²) in [5.74, 6) is -0.465. The van der Waals surface area contributed by atoms with Crippen molar-refractivity contribution in [1.82, 2.24) is 4.57 Å². The maximum absolute atomic E-state index is 15.1. The van der Waals surface area contributed by atoms with Crippen molar-refractivity contribution in [3.05, 3.63) is 70.3 Å². The molecule has 2 nitrogen and oxygen atoms in total. The Morgan fingerprint density at radius 1 is 1.00 bits per heavy atom. The predicted octanol–water partition coefficient (Wildman–Crippen LogP) is 4.70. The average Bonchev–Trinajstić information content (AvgIpc) is 2.49. The molecule has 0 aliphatic carbocycles. The summed E-state index contributed by atoms with van der Waals surface area (Å²) in [6.45, 7) is 5.73. The Hall–Kier alpha value is -2.42. The topological polar surface area (TPSA) is 22.0 Å². The lowest BCUT2D eigenvalue weighted by molar-refractivity contribution is 0.463. The summed E-state index contributed by atoms with van der Waals surface area (Å²) >= 11 is 0. The summed E-state index contributed by atoms with van der Waals surface area (Å²) in [4.78, 5) is 12.8. The fraction of sp³-hybridized carbons (Fsp3) is 0.211. The summed E-state index contributed by atoms with van der Waals surface area (Å²) in [6, 6.07) is 14.5. The molecule has 112 valence electrons. The van der Waals surface area contributed by atoms with Crippen LogP contribution in [0.3, 0.4) is 0 Å². The molecule has 0 unspecified atom stereocenters. The van der Waals surface area contributed by atoms with Crippen molar-refractivity contribution in [2.75, 3.05) is 0 Å². The molecule has 0 radical (unpaired) electrons. The third kappa shape index (κ3) is 2.13. The number of hydrogen-bond donors (Lipinski definition) is 0. The number of fused-ring (bicyclic) bond motifs is 1. The normalized spacial score (nSPS) is 11.3. The number of rotatable bonds is 2. The molecule has 0 spiro atoms. The number of benzene rings is 2. The highest BCUT2D eigenvalue weighted by Gasteiger charge is 2.20. The van der Waals surface area contributed by atoms with E-state index in [1.807, 2.05) is 51.1 Å². The van der Waals surface area contributed by atoms with Crippen molar-refractivity contribution in [2.24, 2.45) is 0 Å². The second-order valence-corrected chi connectivity index (χ2v) is 5.79. The summed E-state index contributed by atoms with van der Waals surface area (Å²) < 4.78 is 16.7. The molecule has 0 amide bonds. The van der Waals surface area contributed by atoms with Crippen molar-refractivity contribution in [3.8, 4) is 11.1 Å². The van der Waals surface area contributed by atoms with Gasteiger partial charge in [-0.2, -0.15) is 4.39 Å². The minimum atomic E-state index is -0.465. The largest absolute Gasteiger partial charge is 0.314 e. The number of hydrogen-bond acceptors (Lipinski definition) is 1. The SMILES string of the molecule is Cc1ccccc1-c1c(F)n(C(C)C)c2ccccc2c1=O. The van der Waals surface area contributed by atoms with Crippen LogP contribution in [0.4, 0.5) is 4.39 Å². The van der Waals surface area contributed by atoms with Gasteiger partial charge in [-0.3, -0.25) is 4.79 Å². The van der Waals surface area contributed by atoms with Crippen molar-refractivity contribution in [3.63, 3.8) is 0 Å². The van der Waals surface area contributed by atoms with Crippen LogP contribution in [0, 0.1) is 12.9 Å². The first kappa shape index (κ1) is 14.5. The number of aryl methyl sites for hydroxylation is 1. The quantitative estimate of drug-likeness (QED) is 0.628. The molecule has 0 aliphatic rings. The summed E-state index contributed by atoms with van der Waals surface area (Å²) in [6.07, 6.45) is 0. The van der Waals surface area contributed by atoms with E-state index in [0.717, 1.165) is 5.56 Å². The van der Waals surface area contributed by atoms with Gasteiger partial charge in [-0.25, -0.2) is 0 Å². The van der Waals surface area contributed by atoms with Crippen LogP contribution in [-0.4, -0.2) is 4.57 Å². The van der Waals surface area contributed by atoms with E-state index in [0.29, 0.717) is 16.5 Å². The van der Waals surface area contributed by atoms with Crippen LogP contribution in [0.15, 0.2) is 53.3 Å². The van der Waals surface area contributed by atoms with Gasteiger partial charge in [0.25, 0.3) is 0 Å². The van der Waals surface area contributed by atoms with Gasteiger partial charge in [0.2, 0.25) is 5.95 Å². The van der Waals surface area contributed by atoms with Gasteiger partial charge in [0.05, 0.1) is 11.1 Å². The zero-order chi connectivity index (χ0) is 15.9. The maximum Gasteiger partial charge on any atom is 0.206 e. The molecule has 0 bridgehead atoms. The first-order chi connectivity index (χ1) is 10.5. The highest BCUT2D eigenvalue weighted by Crippen LogP contribution is 2.28. The van der Waals surface area contributed by atoms with Crippen molar-refractivity contribution in [2.45, 2.75) is 26.8 Å². The van der Waals surface area contributed by atoms with E-state index in [-0.39, 0.29) is 17.0 Å². The van der Waals surface area contributed by atoms with Gasteiger partial charge in [-0.15, -0.1) is 0 Å². The number of aromatic nitrogens is 1. The second-order valence-electron chi connectivity index (χ2n) is 5.79. The Bertz CT molecular complexity index is 909. The zero-order valence-corrected chi connectivity index (χ0v) is 12.9. The third-order valence-electron chi connectivity index (χ3n) is 3.98. The zero-order valence-electron chi connectivity index (χ0n) is 12.9. The van der Waals surface area contributed by atoms with Gasteiger partial charge in [0.1, 0.15) is 0 Å². The van der Waals surface area contributed by atoms with Gasteiger partial charge in [0, 0.05) is 11.4 Å². The number of halogens is 1. The average molecular weight is 295 g/mol. The number of pyridine rings is 1. The molecule has 0 saturated heterocycles. The highest BCUT2D eigenvalue weighted by molar-refractivity contribution is 5.85. The first-order valence-electron chi connectivity index (χ1n) is 7.41. The van der Waals surface area contributed by atoms with E-state index in [1.54, 1.807) is 22.8 Å². The van der Waals surface area contributed by atoms with E-state index in [9.17, 15) is 4.79 Å². The lowest BCUT2D eigenvalue weighted by Crippen LogP contribution is -2.18. The molecular formula is C19H18FNO. The molecule has 2 aromatic carbocycles. The second kappa shape index (κ2) is 5.41. The molecule has 1 aromatic heterocycles.